The zero-order chi connectivity index (χ0) is 18.1. The summed E-state index contributed by atoms with van der Waals surface area (Å²) in [7, 11) is 0. The summed E-state index contributed by atoms with van der Waals surface area (Å²) in [6.07, 6.45) is 1.02. The maximum absolute atomic E-state index is 13.3. The van der Waals surface area contributed by atoms with Crippen molar-refractivity contribution >= 4 is 27.5 Å². The Hall–Kier alpha value is -2.47. The average Bonchev–Trinajstić information content (AvgIpc) is 2.94. The van der Waals surface area contributed by atoms with Crippen molar-refractivity contribution in [2.75, 3.05) is 0 Å². The van der Waals surface area contributed by atoms with E-state index in [0.717, 1.165) is 16.0 Å². The summed E-state index contributed by atoms with van der Waals surface area (Å²) in [5.74, 6) is 0.0951. The van der Waals surface area contributed by atoms with E-state index in [4.69, 9.17) is 5.73 Å². The lowest BCUT2D eigenvalue weighted by Crippen LogP contribution is -2.36. The van der Waals surface area contributed by atoms with E-state index in [1.807, 2.05) is 51.1 Å². The number of aryl methyl sites for hydroxylation is 2. The molecule has 2 aromatic heterocycles. The topological polar surface area (TPSA) is 78.0 Å². The molecule has 1 atom stereocenters. The number of nitrogens with zero attached hydrogens (tertiary/aromatic N) is 2. The maximum Gasteiger partial charge on any atom is 0.263 e. The highest BCUT2D eigenvalue weighted by molar-refractivity contribution is 7.19. The van der Waals surface area contributed by atoms with E-state index in [1.165, 1.54) is 15.9 Å². The van der Waals surface area contributed by atoms with Crippen LogP contribution in [0.3, 0.4) is 0 Å². The third-order valence-electron chi connectivity index (χ3n) is 4.41. The Labute approximate surface area is 150 Å². The van der Waals surface area contributed by atoms with E-state index in [0.29, 0.717) is 28.9 Å². The van der Waals surface area contributed by atoms with Crippen LogP contribution in [0.1, 0.15) is 37.0 Å². The van der Waals surface area contributed by atoms with Gasteiger partial charge in [0.2, 0.25) is 5.91 Å². The van der Waals surface area contributed by atoms with Crippen molar-refractivity contribution in [3.8, 4) is 11.1 Å². The molecule has 1 aromatic carbocycles. The summed E-state index contributed by atoms with van der Waals surface area (Å²) in [4.78, 5) is 31.7. The van der Waals surface area contributed by atoms with E-state index in [2.05, 4.69) is 4.98 Å². The van der Waals surface area contributed by atoms with Gasteiger partial charge in [-0.1, -0.05) is 44.2 Å². The molecule has 0 saturated heterocycles. The van der Waals surface area contributed by atoms with Gasteiger partial charge in [-0.2, -0.15) is 0 Å². The molecular formula is C19H21N3O2S. The molecule has 0 aliphatic rings. The van der Waals surface area contributed by atoms with Gasteiger partial charge in [0.1, 0.15) is 16.7 Å². The van der Waals surface area contributed by atoms with Gasteiger partial charge in [-0.25, -0.2) is 4.98 Å². The maximum atomic E-state index is 13.3. The minimum atomic E-state index is -0.678. The predicted molar refractivity (Wildman–Crippen MR) is 102 cm³/mol. The number of hydrogen-bond acceptors (Lipinski definition) is 4. The Morgan fingerprint density at radius 1 is 1.28 bits per heavy atom. The zero-order valence-electron chi connectivity index (χ0n) is 14.6. The summed E-state index contributed by atoms with van der Waals surface area (Å²) >= 11 is 1.51. The molecule has 3 aromatic rings. The van der Waals surface area contributed by atoms with Gasteiger partial charge in [0, 0.05) is 16.9 Å². The smallest absolute Gasteiger partial charge is 0.263 e. The van der Waals surface area contributed by atoms with Gasteiger partial charge in [0.25, 0.3) is 5.56 Å². The highest BCUT2D eigenvalue weighted by Gasteiger charge is 2.25. The first kappa shape index (κ1) is 17.4. The summed E-state index contributed by atoms with van der Waals surface area (Å²) in [5.41, 5.74) is 7.24. The van der Waals surface area contributed by atoms with Crippen molar-refractivity contribution in [1.29, 1.82) is 0 Å². The second-order valence-corrected chi connectivity index (χ2v) is 7.17. The van der Waals surface area contributed by atoms with Crippen LogP contribution in [0.5, 0.6) is 0 Å². The van der Waals surface area contributed by atoms with Crippen molar-refractivity contribution < 1.29 is 4.79 Å². The molecule has 0 saturated carbocycles. The van der Waals surface area contributed by atoms with E-state index >= 15 is 0 Å². The number of carbonyl (C=O) groups is 1. The second-order valence-electron chi connectivity index (χ2n) is 5.96. The molecule has 2 heterocycles. The standard InChI is InChI=1S/C19H21N3O2S/c1-4-13(17(20)23)22-14(5-2)21-18-16(19(22)24)15(11(3)25-18)12-9-7-6-8-10-12/h6-10,13H,4-5H2,1-3H3,(H2,20,23). The number of hydrogen-bond donors (Lipinski definition) is 1. The highest BCUT2D eigenvalue weighted by atomic mass is 32.1. The van der Waals surface area contributed by atoms with Crippen molar-refractivity contribution in [1.82, 2.24) is 9.55 Å². The molecule has 0 spiro atoms. The molecule has 3 rings (SSSR count). The van der Waals surface area contributed by atoms with Crippen molar-refractivity contribution in [3.63, 3.8) is 0 Å². The molecule has 0 aliphatic carbocycles. The number of rotatable bonds is 5. The molecule has 0 fully saturated rings. The van der Waals surface area contributed by atoms with Crippen molar-refractivity contribution in [2.45, 2.75) is 39.7 Å². The summed E-state index contributed by atoms with van der Waals surface area (Å²) in [6, 6.07) is 9.13. The molecule has 0 aliphatic heterocycles. The Kier molecular flexibility index (Phi) is 4.72. The van der Waals surface area contributed by atoms with Crippen molar-refractivity contribution in [3.05, 3.63) is 51.4 Å². The van der Waals surface area contributed by atoms with Crippen LogP contribution in [-0.4, -0.2) is 15.5 Å². The molecule has 0 radical (unpaired) electrons. The number of thiophene rings is 1. The summed E-state index contributed by atoms with van der Waals surface area (Å²) in [6.45, 7) is 5.77. The summed E-state index contributed by atoms with van der Waals surface area (Å²) < 4.78 is 1.49. The van der Waals surface area contributed by atoms with E-state index in [9.17, 15) is 9.59 Å². The quantitative estimate of drug-likeness (QED) is 0.761. The minimum Gasteiger partial charge on any atom is -0.368 e. The Morgan fingerprint density at radius 2 is 1.96 bits per heavy atom. The Balaban J connectivity index is 2.41. The van der Waals surface area contributed by atoms with Crippen LogP contribution < -0.4 is 11.3 Å². The fraction of sp³-hybridized carbons (Fsp3) is 0.316. The highest BCUT2D eigenvalue weighted by Crippen LogP contribution is 2.36. The second kappa shape index (κ2) is 6.80. The average molecular weight is 355 g/mol. The lowest BCUT2D eigenvalue weighted by molar-refractivity contribution is -0.121. The van der Waals surface area contributed by atoms with Crippen LogP contribution in [0.15, 0.2) is 35.1 Å². The number of nitrogens with two attached hydrogens (primary N) is 1. The normalized spacial score (nSPS) is 12.4. The first-order valence-electron chi connectivity index (χ1n) is 8.38. The lowest BCUT2D eigenvalue weighted by atomic mass is 10.0. The van der Waals surface area contributed by atoms with E-state index in [-0.39, 0.29) is 5.56 Å². The molecule has 25 heavy (non-hydrogen) atoms. The molecule has 2 N–H and O–H groups in total. The van der Waals surface area contributed by atoms with Gasteiger partial charge in [0.15, 0.2) is 0 Å². The fourth-order valence-corrected chi connectivity index (χ4v) is 4.30. The number of fused-ring (bicyclic) bond motifs is 1. The minimum absolute atomic E-state index is 0.185. The number of primary amides is 1. The van der Waals surface area contributed by atoms with Gasteiger partial charge in [-0.3, -0.25) is 14.2 Å². The fourth-order valence-electron chi connectivity index (χ4n) is 3.25. The molecular weight excluding hydrogens is 334 g/mol. The monoisotopic (exact) mass is 355 g/mol. The van der Waals surface area contributed by atoms with E-state index < -0.39 is 11.9 Å². The van der Waals surface area contributed by atoms with Crippen LogP contribution in [-0.2, 0) is 11.2 Å². The van der Waals surface area contributed by atoms with Crippen LogP contribution in [0.4, 0.5) is 0 Å². The SMILES string of the molecule is CCc1nc2sc(C)c(-c3ccccc3)c2c(=O)n1C(CC)C(N)=O. The van der Waals surface area contributed by atoms with Gasteiger partial charge in [-0.15, -0.1) is 11.3 Å². The third kappa shape index (κ3) is 2.87. The number of carbonyl (C=O) groups excluding carboxylic acids is 1. The Bertz CT molecular complexity index is 989. The van der Waals surface area contributed by atoms with Crippen LogP contribution in [0.25, 0.3) is 21.3 Å². The Morgan fingerprint density at radius 3 is 2.52 bits per heavy atom. The number of aromatic nitrogens is 2. The van der Waals surface area contributed by atoms with Crippen LogP contribution in [0.2, 0.25) is 0 Å². The number of amides is 1. The third-order valence-corrected chi connectivity index (χ3v) is 5.41. The van der Waals surface area contributed by atoms with E-state index in [1.54, 1.807) is 0 Å². The zero-order valence-corrected chi connectivity index (χ0v) is 15.4. The van der Waals surface area contributed by atoms with Crippen LogP contribution in [0, 0.1) is 6.92 Å². The first-order chi connectivity index (χ1) is 12.0. The first-order valence-corrected chi connectivity index (χ1v) is 9.20. The van der Waals surface area contributed by atoms with Gasteiger partial charge < -0.3 is 5.73 Å². The van der Waals surface area contributed by atoms with Gasteiger partial charge >= 0.3 is 0 Å². The molecule has 6 heteroatoms. The molecule has 0 bridgehead atoms. The molecule has 5 nitrogen and oxygen atoms in total. The van der Waals surface area contributed by atoms with Crippen LogP contribution >= 0.6 is 11.3 Å². The molecule has 130 valence electrons. The summed E-state index contributed by atoms with van der Waals surface area (Å²) in [5, 5.41) is 0.575. The largest absolute Gasteiger partial charge is 0.368 e. The molecule has 1 amide bonds. The van der Waals surface area contributed by atoms with Gasteiger partial charge in [-0.05, 0) is 18.9 Å². The number of benzene rings is 1. The molecule has 1 unspecified atom stereocenters. The predicted octanol–water partition coefficient (Wildman–Crippen LogP) is 3.43. The lowest BCUT2D eigenvalue weighted by Gasteiger charge is -2.18. The van der Waals surface area contributed by atoms with Crippen molar-refractivity contribution in [2.24, 2.45) is 5.73 Å². The van der Waals surface area contributed by atoms with Gasteiger partial charge in [0.05, 0.1) is 5.39 Å².